The first kappa shape index (κ1) is 22.3. The molecule has 4 rings (SSSR count). The Balaban J connectivity index is 1.54. The van der Waals surface area contributed by atoms with Crippen LogP contribution in [0.15, 0.2) is 70.0 Å². The minimum absolute atomic E-state index is 0.243. The summed E-state index contributed by atoms with van der Waals surface area (Å²) in [4.78, 5) is 24.2. The van der Waals surface area contributed by atoms with Gasteiger partial charge in [-0.3, -0.25) is 9.59 Å². The van der Waals surface area contributed by atoms with Crippen molar-refractivity contribution >= 4 is 16.9 Å². The highest BCUT2D eigenvalue weighted by Crippen LogP contribution is 2.26. The first-order valence-corrected chi connectivity index (χ1v) is 10.7. The van der Waals surface area contributed by atoms with Crippen LogP contribution in [0.2, 0.25) is 0 Å². The van der Waals surface area contributed by atoms with Gasteiger partial charge in [0.2, 0.25) is 0 Å². The normalized spacial score (nSPS) is 12.1. The SMILES string of the molecule is CC[C@@H](Cc1ccc2on(Cc3ccc(Oc4ccc(F)cc4)c(C)c3)c(=O)c2c1)C(=O)O. The van der Waals surface area contributed by atoms with E-state index in [-0.39, 0.29) is 17.9 Å². The fraction of sp³-hybridized carbons (Fsp3) is 0.231. The number of hydrogen-bond donors (Lipinski definition) is 1. The van der Waals surface area contributed by atoms with Gasteiger partial charge in [-0.2, -0.15) is 4.74 Å². The predicted molar refractivity (Wildman–Crippen MR) is 122 cm³/mol. The summed E-state index contributed by atoms with van der Waals surface area (Å²) in [6, 6.07) is 16.6. The van der Waals surface area contributed by atoms with Gasteiger partial charge in [0.1, 0.15) is 17.3 Å². The molecule has 0 aliphatic heterocycles. The maximum atomic E-state index is 13.1. The van der Waals surface area contributed by atoms with Crippen molar-refractivity contribution in [2.45, 2.75) is 33.2 Å². The van der Waals surface area contributed by atoms with Gasteiger partial charge >= 0.3 is 5.97 Å². The third-order valence-corrected chi connectivity index (χ3v) is 5.64. The number of carbonyl (C=O) groups is 1. The van der Waals surface area contributed by atoms with E-state index in [1.807, 2.05) is 26.0 Å². The Bertz CT molecular complexity index is 1350. The second-order valence-electron chi connectivity index (χ2n) is 8.07. The summed E-state index contributed by atoms with van der Waals surface area (Å²) in [6.45, 7) is 3.97. The van der Waals surface area contributed by atoms with Crippen LogP contribution in [0.3, 0.4) is 0 Å². The largest absolute Gasteiger partial charge is 0.481 e. The third-order valence-electron chi connectivity index (χ3n) is 5.64. The van der Waals surface area contributed by atoms with Crippen LogP contribution in [-0.4, -0.2) is 15.8 Å². The summed E-state index contributed by atoms with van der Waals surface area (Å²) in [5.41, 5.74) is 2.71. The van der Waals surface area contributed by atoms with Crippen LogP contribution >= 0.6 is 0 Å². The molecule has 6 nitrogen and oxygen atoms in total. The lowest BCUT2D eigenvalue weighted by molar-refractivity contribution is -0.141. The van der Waals surface area contributed by atoms with Crippen molar-refractivity contribution < 1.29 is 23.6 Å². The van der Waals surface area contributed by atoms with E-state index >= 15 is 0 Å². The quantitative estimate of drug-likeness (QED) is 0.382. The number of benzene rings is 3. The van der Waals surface area contributed by atoms with E-state index < -0.39 is 11.9 Å². The molecule has 170 valence electrons. The maximum Gasteiger partial charge on any atom is 0.306 e. The number of aryl methyl sites for hydroxylation is 1. The number of hydrogen-bond acceptors (Lipinski definition) is 4. The second kappa shape index (κ2) is 9.32. The van der Waals surface area contributed by atoms with Gasteiger partial charge in [0.25, 0.3) is 5.56 Å². The highest BCUT2D eigenvalue weighted by atomic mass is 19.1. The molecule has 0 fully saturated rings. The highest BCUT2D eigenvalue weighted by molar-refractivity contribution is 5.77. The number of aliphatic carboxylic acids is 1. The van der Waals surface area contributed by atoms with Gasteiger partial charge in [-0.1, -0.05) is 25.1 Å². The average Bonchev–Trinajstić information content (AvgIpc) is 3.10. The van der Waals surface area contributed by atoms with Crippen LogP contribution in [-0.2, 0) is 17.8 Å². The van der Waals surface area contributed by atoms with Crippen molar-refractivity contribution in [2.24, 2.45) is 5.92 Å². The van der Waals surface area contributed by atoms with Gasteiger partial charge in [0.05, 0.1) is 17.8 Å². The fourth-order valence-corrected chi connectivity index (χ4v) is 3.76. The monoisotopic (exact) mass is 449 g/mol. The number of carboxylic acid groups (broad SMARTS) is 1. The summed E-state index contributed by atoms with van der Waals surface area (Å²) in [5.74, 6) is -0.495. The topological polar surface area (TPSA) is 81.7 Å². The zero-order valence-corrected chi connectivity index (χ0v) is 18.4. The molecular weight excluding hydrogens is 425 g/mol. The molecule has 1 heterocycles. The minimum Gasteiger partial charge on any atom is -0.481 e. The molecule has 0 aliphatic carbocycles. The highest BCUT2D eigenvalue weighted by Gasteiger charge is 2.17. The molecule has 0 radical (unpaired) electrons. The number of halogens is 1. The molecule has 7 heteroatoms. The van der Waals surface area contributed by atoms with Gasteiger partial charge < -0.3 is 14.4 Å². The molecule has 0 spiro atoms. The maximum absolute atomic E-state index is 13.1. The number of rotatable bonds is 8. The van der Waals surface area contributed by atoms with E-state index in [9.17, 15) is 19.1 Å². The molecule has 0 saturated heterocycles. The first-order valence-electron chi connectivity index (χ1n) is 10.7. The lowest BCUT2D eigenvalue weighted by atomic mass is 9.96. The van der Waals surface area contributed by atoms with E-state index in [1.165, 1.54) is 16.9 Å². The molecule has 33 heavy (non-hydrogen) atoms. The Kier molecular flexibility index (Phi) is 6.31. The predicted octanol–water partition coefficient (Wildman–Crippen LogP) is 5.54. The molecule has 1 N–H and O–H groups in total. The van der Waals surface area contributed by atoms with Crippen molar-refractivity contribution in [3.05, 3.63) is 93.5 Å². The van der Waals surface area contributed by atoms with Crippen LogP contribution in [0, 0.1) is 18.7 Å². The van der Waals surface area contributed by atoms with Gasteiger partial charge in [0, 0.05) is 0 Å². The van der Waals surface area contributed by atoms with E-state index in [4.69, 9.17) is 9.26 Å². The van der Waals surface area contributed by atoms with Gasteiger partial charge in [-0.25, -0.2) is 4.39 Å². The van der Waals surface area contributed by atoms with E-state index in [0.717, 1.165) is 16.7 Å². The number of carboxylic acids is 1. The number of aromatic nitrogens is 1. The Hall–Kier alpha value is -3.87. The first-order chi connectivity index (χ1) is 15.8. The average molecular weight is 449 g/mol. The van der Waals surface area contributed by atoms with Crippen molar-refractivity contribution in [1.29, 1.82) is 0 Å². The summed E-state index contributed by atoms with van der Waals surface area (Å²) in [7, 11) is 0. The van der Waals surface area contributed by atoms with Gasteiger partial charge in [-0.05, 0) is 78.9 Å². The molecule has 0 aliphatic rings. The van der Waals surface area contributed by atoms with Crippen LogP contribution < -0.4 is 10.3 Å². The van der Waals surface area contributed by atoms with E-state index in [2.05, 4.69) is 0 Å². The Morgan fingerprint density at radius 3 is 2.48 bits per heavy atom. The molecule has 1 atom stereocenters. The third kappa shape index (κ3) is 4.98. The zero-order valence-electron chi connectivity index (χ0n) is 18.4. The molecule has 0 saturated carbocycles. The van der Waals surface area contributed by atoms with Crippen molar-refractivity contribution in [3.63, 3.8) is 0 Å². The number of ether oxygens (including phenoxy) is 1. The fourth-order valence-electron chi connectivity index (χ4n) is 3.76. The molecule has 4 aromatic rings. The summed E-state index contributed by atoms with van der Waals surface area (Å²) >= 11 is 0. The van der Waals surface area contributed by atoms with Gasteiger partial charge in [-0.15, -0.1) is 0 Å². The van der Waals surface area contributed by atoms with E-state index in [1.54, 1.807) is 36.4 Å². The van der Waals surface area contributed by atoms with Crippen molar-refractivity contribution in [2.75, 3.05) is 0 Å². The Morgan fingerprint density at radius 2 is 1.82 bits per heavy atom. The lowest BCUT2D eigenvalue weighted by Gasteiger charge is -2.10. The van der Waals surface area contributed by atoms with Crippen LogP contribution in [0.4, 0.5) is 4.39 Å². The Morgan fingerprint density at radius 1 is 1.09 bits per heavy atom. The standard InChI is InChI=1S/C26H24FNO5/c1-3-19(26(30)31)13-17-4-11-24-22(14-17)25(29)28(33-24)15-18-5-10-23(16(2)12-18)32-21-8-6-20(27)7-9-21/h4-12,14,19H,3,13,15H2,1-2H3,(H,30,31)/t19-/m0/s1. The minimum atomic E-state index is -0.843. The smallest absolute Gasteiger partial charge is 0.306 e. The van der Waals surface area contributed by atoms with Gasteiger partial charge in [0.15, 0.2) is 5.58 Å². The van der Waals surface area contributed by atoms with Crippen LogP contribution in [0.25, 0.3) is 11.0 Å². The summed E-state index contributed by atoms with van der Waals surface area (Å²) in [5, 5.41) is 9.73. The van der Waals surface area contributed by atoms with E-state index in [0.29, 0.717) is 35.3 Å². The van der Waals surface area contributed by atoms with Crippen molar-refractivity contribution in [3.8, 4) is 11.5 Å². The molecule has 0 amide bonds. The van der Waals surface area contributed by atoms with Crippen LogP contribution in [0.5, 0.6) is 11.5 Å². The molecular formula is C26H24FNO5. The Labute approximate surface area is 189 Å². The lowest BCUT2D eigenvalue weighted by Crippen LogP contribution is -2.16. The molecule has 0 bridgehead atoms. The summed E-state index contributed by atoms with van der Waals surface area (Å²) < 4.78 is 25.9. The van der Waals surface area contributed by atoms with Crippen LogP contribution in [0.1, 0.15) is 30.0 Å². The number of fused-ring (bicyclic) bond motifs is 1. The molecule has 1 aromatic heterocycles. The zero-order chi connectivity index (χ0) is 23.5. The summed E-state index contributed by atoms with van der Waals surface area (Å²) in [6.07, 6.45) is 0.879. The second-order valence-corrected chi connectivity index (χ2v) is 8.07. The van der Waals surface area contributed by atoms with Crippen molar-refractivity contribution in [1.82, 2.24) is 4.74 Å². The number of nitrogens with zero attached hydrogens (tertiary/aromatic N) is 1. The molecule has 0 unspecified atom stereocenters. The molecule has 3 aromatic carbocycles.